The van der Waals surface area contributed by atoms with Crippen LogP contribution in [0, 0.1) is 5.41 Å². The van der Waals surface area contributed by atoms with Gasteiger partial charge in [-0.2, -0.15) is 0 Å². The highest BCUT2D eigenvalue weighted by atomic mass is 32.2. The minimum absolute atomic E-state index is 0.105. The highest BCUT2D eigenvalue weighted by Gasteiger charge is 2.43. The van der Waals surface area contributed by atoms with Crippen LogP contribution in [0.4, 0.5) is 4.79 Å². The van der Waals surface area contributed by atoms with Crippen molar-refractivity contribution in [3.8, 4) is 0 Å². The number of aliphatic imine (C=N–C) groups is 1. The maximum Gasteiger partial charge on any atom is 0.408 e. The molecule has 1 fully saturated rings. The number of likely N-dealkylation sites (tertiary alicyclic amines) is 1. The van der Waals surface area contributed by atoms with Gasteiger partial charge in [0, 0.05) is 37.9 Å². The second-order valence-electron chi connectivity index (χ2n) is 11.8. The lowest BCUT2D eigenvalue weighted by atomic mass is 9.85. The molecule has 1 aromatic rings. The molecule has 0 spiro atoms. The summed E-state index contributed by atoms with van der Waals surface area (Å²) in [6.45, 7) is 5.22. The normalized spacial score (nSPS) is 17.4. The van der Waals surface area contributed by atoms with Crippen molar-refractivity contribution in [2.24, 2.45) is 10.4 Å². The number of rotatable bonds is 14. The first kappa shape index (κ1) is 36.9. The predicted molar refractivity (Wildman–Crippen MR) is 167 cm³/mol. The average Bonchev–Trinajstić information content (AvgIpc) is 3.45. The van der Waals surface area contributed by atoms with E-state index in [-0.39, 0.29) is 19.6 Å². The van der Waals surface area contributed by atoms with E-state index in [9.17, 15) is 37.5 Å². The summed E-state index contributed by atoms with van der Waals surface area (Å²) in [5.41, 5.74) is -0.193. The smallest absolute Gasteiger partial charge is 0.408 e. The molecule has 4 amide bonds. The number of hydrogen-bond acceptors (Lipinski definition) is 9. The number of amides is 4. The molecule has 1 aromatic carbocycles. The standard InChI is InChI=1S/C30H43N5O9S/c1-30(2,3)25(34-26(38)22(18-24(36)37)33-29(41)44-19-20-10-7-6-8-11-20)28(40)35-16-9-12-23(35)27(39)32-21(13-15-31-4)14-17-45(5,42)43/h6-8,10-11,14-15,17,21-23,25H,9,12-13,16,18-19H2,1-5H3,(H,32,39)(H,33,41)(H,34,38)(H,36,37)/b17-14+,31-15?/t21-,22-,23+,25-/m0/s1. The van der Waals surface area contributed by atoms with Crippen molar-refractivity contribution in [2.45, 2.75) is 77.2 Å². The lowest BCUT2D eigenvalue weighted by molar-refractivity contribution is -0.145. The van der Waals surface area contributed by atoms with E-state index in [0.717, 1.165) is 11.7 Å². The monoisotopic (exact) mass is 649 g/mol. The topological polar surface area (TPSA) is 201 Å². The third-order valence-electron chi connectivity index (χ3n) is 6.87. The Morgan fingerprint density at radius 1 is 1.11 bits per heavy atom. The molecule has 0 aliphatic carbocycles. The van der Waals surface area contributed by atoms with Gasteiger partial charge in [-0.15, -0.1) is 0 Å². The highest BCUT2D eigenvalue weighted by Crippen LogP contribution is 2.26. The fraction of sp³-hybridized carbons (Fsp3) is 0.533. The summed E-state index contributed by atoms with van der Waals surface area (Å²) in [6.07, 6.45) is 3.18. The Kier molecular flexibility index (Phi) is 13.7. The molecule has 0 radical (unpaired) electrons. The van der Waals surface area contributed by atoms with Crippen molar-refractivity contribution in [2.75, 3.05) is 19.8 Å². The largest absolute Gasteiger partial charge is 0.481 e. The first-order chi connectivity index (χ1) is 21.0. The van der Waals surface area contributed by atoms with Crippen LogP contribution in [-0.2, 0) is 40.4 Å². The van der Waals surface area contributed by atoms with Crippen LogP contribution in [-0.4, -0.2) is 98.4 Å². The van der Waals surface area contributed by atoms with Crippen LogP contribution in [0.5, 0.6) is 0 Å². The van der Waals surface area contributed by atoms with Gasteiger partial charge in [0.2, 0.25) is 17.7 Å². The van der Waals surface area contributed by atoms with E-state index in [1.54, 1.807) is 58.2 Å². The summed E-state index contributed by atoms with van der Waals surface area (Å²) in [5, 5.41) is 18.0. The van der Waals surface area contributed by atoms with E-state index in [0.29, 0.717) is 18.4 Å². The maximum absolute atomic E-state index is 13.9. The summed E-state index contributed by atoms with van der Waals surface area (Å²) in [7, 11) is -1.91. The molecular formula is C30H43N5O9S. The number of nitrogens with zero attached hydrogens (tertiary/aromatic N) is 2. The van der Waals surface area contributed by atoms with Crippen LogP contribution in [0.25, 0.3) is 0 Å². The van der Waals surface area contributed by atoms with Crippen LogP contribution in [0.15, 0.2) is 46.8 Å². The van der Waals surface area contributed by atoms with Crippen LogP contribution in [0.1, 0.15) is 52.0 Å². The number of alkyl carbamates (subject to hydrolysis) is 1. The number of sulfone groups is 1. The molecule has 15 heteroatoms. The summed E-state index contributed by atoms with van der Waals surface area (Å²) < 4.78 is 28.4. The second-order valence-corrected chi connectivity index (χ2v) is 13.7. The van der Waals surface area contributed by atoms with E-state index in [4.69, 9.17) is 4.74 Å². The zero-order valence-corrected chi connectivity index (χ0v) is 27.0. The number of nitrogens with one attached hydrogen (secondary N) is 3. The van der Waals surface area contributed by atoms with Crippen molar-refractivity contribution in [1.82, 2.24) is 20.9 Å². The van der Waals surface area contributed by atoms with Crippen molar-refractivity contribution in [3.05, 3.63) is 47.4 Å². The van der Waals surface area contributed by atoms with Crippen molar-refractivity contribution in [3.63, 3.8) is 0 Å². The Bertz CT molecular complexity index is 1370. The molecule has 0 unspecified atom stereocenters. The van der Waals surface area contributed by atoms with Crippen molar-refractivity contribution < 1.29 is 42.2 Å². The number of carbonyl (C=O) groups is 5. The third kappa shape index (κ3) is 12.7. The fourth-order valence-corrected chi connectivity index (χ4v) is 5.05. The molecule has 248 valence electrons. The molecule has 1 heterocycles. The Morgan fingerprint density at radius 2 is 1.78 bits per heavy atom. The Hall–Kier alpha value is -4.27. The molecule has 1 aliphatic heterocycles. The number of aliphatic carboxylic acids is 1. The molecule has 1 saturated heterocycles. The summed E-state index contributed by atoms with van der Waals surface area (Å²) in [5.74, 6) is -3.33. The first-order valence-corrected chi connectivity index (χ1v) is 16.4. The lowest BCUT2D eigenvalue weighted by Crippen LogP contribution is -2.60. The molecule has 0 bridgehead atoms. The quantitative estimate of drug-likeness (QED) is 0.215. The molecule has 2 rings (SSSR count). The molecule has 0 saturated carbocycles. The molecule has 1 aliphatic rings. The van der Waals surface area contributed by atoms with Gasteiger partial charge in [-0.05, 0) is 23.8 Å². The zero-order chi connectivity index (χ0) is 33.8. The van der Waals surface area contributed by atoms with Crippen LogP contribution < -0.4 is 16.0 Å². The van der Waals surface area contributed by atoms with Gasteiger partial charge in [0.25, 0.3) is 0 Å². The molecule has 0 aromatic heterocycles. The Labute approximate surface area is 263 Å². The first-order valence-electron chi connectivity index (χ1n) is 14.4. The van der Waals surface area contributed by atoms with Gasteiger partial charge in [-0.25, -0.2) is 13.2 Å². The Morgan fingerprint density at radius 3 is 2.36 bits per heavy atom. The minimum Gasteiger partial charge on any atom is -0.481 e. The van der Waals surface area contributed by atoms with Gasteiger partial charge in [-0.1, -0.05) is 57.2 Å². The second kappa shape index (κ2) is 16.7. The molecule has 14 nitrogen and oxygen atoms in total. The van der Waals surface area contributed by atoms with Gasteiger partial charge in [0.1, 0.15) is 24.7 Å². The number of benzene rings is 1. The number of hydrogen-bond donors (Lipinski definition) is 4. The van der Waals surface area contributed by atoms with E-state index in [1.807, 2.05) is 0 Å². The minimum atomic E-state index is -3.45. The number of carbonyl (C=O) groups excluding carboxylic acids is 4. The number of carboxylic acids is 1. The van der Waals surface area contributed by atoms with E-state index >= 15 is 0 Å². The number of carboxylic acid groups (broad SMARTS) is 1. The van der Waals surface area contributed by atoms with Crippen LogP contribution in [0.3, 0.4) is 0 Å². The molecule has 4 N–H and O–H groups in total. The highest BCUT2D eigenvalue weighted by molar-refractivity contribution is 7.93. The lowest BCUT2D eigenvalue weighted by Gasteiger charge is -2.36. The van der Waals surface area contributed by atoms with Gasteiger partial charge >= 0.3 is 12.1 Å². The average molecular weight is 650 g/mol. The zero-order valence-electron chi connectivity index (χ0n) is 26.2. The van der Waals surface area contributed by atoms with Gasteiger partial charge in [0.15, 0.2) is 9.84 Å². The van der Waals surface area contributed by atoms with Crippen LogP contribution in [0.2, 0.25) is 0 Å². The third-order valence-corrected chi connectivity index (χ3v) is 7.52. The summed E-state index contributed by atoms with van der Waals surface area (Å²) >= 11 is 0. The maximum atomic E-state index is 13.9. The molecule has 4 atom stereocenters. The van der Waals surface area contributed by atoms with Gasteiger partial charge in [0.05, 0.1) is 12.5 Å². The molecule has 45 heavy (non-hydrogen) atoms. The van der Waals surface area contributed by atoms with E-state index in [1.165, 1.54) is 17.2 Å². The molecular weight excluding hydrogens is 606 g/mol. The van der Waals surface area contributed by atoms with Gasteiger partial charge < -0.3 is 35.7 Å². The summed E-state index contributed by atoms with van der Waals surface area (Å²) in [4.78, 5) is 69.7. The van der Waals surface area contributed by atoms with E-state index in [2.05, 4.69) is 20.9 Å². The van der Waals surface area contributed by atoms with Crippen molar-refractivity contribution in [1.29, 1.82) is 0 Å². The van der Waals surface area contributed by atoms with Gasteiger partial charge in [-0.3, -0.25) is 19.2 Å². The van der Waals surface area contributed by atoms with Crippen LogP contribution >= 0.6 is 0 Å². The predicted octanol–water partition coefficient (Wildman–Crippen LogP) is 1.41. The SMILES string of the molecule is CN=CC[C@@H](/C=C/S(C)(=O)=O)NC(=O)[C@H]1CCCN1C(=O)[C@H](NC(=O)[C@H](CC(=O)O)NC(=O)OCc1ccccc1)C(C)(C)C. The fourth-order valence-electron chi connectivity index (χ4n) is 4.57. The number of ether oxygens (including phenoxy) is 1. The summed E-state index contributed by atoms with van der Waals surface area (Å²) in [6, 6.07) is 4.42. The Balaban J connectivity index is 2.19. The van der Waals surface area contributed by atoms with Crippen molar-refractivity contribution >= 4 is 45.8 Å². The van der Waals surface area contributed by atoms with E-state index < -0.39 is 75.6 Å².